The van der Waals surface area contributed by atoms with Gasteiger partial charge in [-0.05, 0) is 69.7 Å². The average molecular weight is 646 g/mol. The van der Waals surface area contributed by atoms with Gasteiger partial charge in [0.05, 0.1) is 31.2 Å². The van der Waals surface area contributed by atoms with Crippen LogP contribution >= 0.6 is 0 Å². The molecule has 1 fully saturated rings. The maximum absolute atomic E-state index is 13.9. The number of fused-ring (bicyclic) bond motifs is 1. The van der Waals surface area contributed by atoms with Crippen LogP contribution in [0.2, 0.25) is 0 Å². The van der Waals surface area contributed by atoms with Crippen LogP contribution in [0.3, 0.4) is 0 Å². The Morgan fingerprint density at radius 2 is 1.78 bits per heavy atom. The van der Waals surface area contributed by atoms with Crippen LogP contribution in [0.4, 0.5) is 4.79 Å². The van der Waals surface area contributed by atoms with E-state index in [9.17, 15) is 22.8 Å². The van der Waals surface area contributed by atoms with Crippen molar-refractivity contribution in [3.05, 3.63) is 65.4 Å². The van der Waals surface area contributed by atoms with Crippen molar-refractivity contribution >= 4 is 39.1 Å². The molecule has 244 valence electrons. The summed E-state index contributed by atoms with van der Waals surface area (Å²) in [4.78, 5) is 41.0. The minimum absolute atomic E-state index is 0.0474. The van der Waals surface area contributed by atoms with Gasteiger partial charge in [-0.2, -0.15) is 8.42 Å². The van der Waals surface area contributed by atoms with E-state index in [0.29, 0.717) is 23.1 Å². The molecule has 45 heavy (non-hydrogen) atoms. The highest BCUT2D eigenvalue weighted by Gasteiger charge is 2.40. The summed E-state index contributed by atoms with van der Waals surface area (Å²) >= 11 is 0. The second-order valence-electron chi connectivity index (χ2n) is 11.6. The third kappa shape index (κ3) is 9.05. The highest BCUT2D eigenvalue weighted by molar-refractivity contribution is 7.86. The number of carbonyl (C=O) groups excluding carboxylic acids is 3. The molecule has 1 aliphatic heterocycles. The van der Waals surface area contributed by atoms with E-state index < -0.39 is 46.0 Å². The van der Waals surface area contributed by atoms with E-state index in [1.54, 1.807) is 51.1 Å². The number of esters is 2. The lowest BCUT2D eigenvalue weighted by atomic mass is 9.98. The van der Waals surface area contributed by atoms with Crippen molar-refractivity contribution in [3.8, 4) is 5.75 Å². The number of methoxy groups -OCH3 is 1. The van der Waals surface area contributed by atoms with Gasteiger partial charge in [-0.3, -0.25) is 9.59 Å². The maximum Gasteiger partial charge on any atom is 0.419 e. The van der Waals surface area contributed by atoms with E-state index in [2.05, 4.69) is 0 Å². The largest absolute Gasteiger partial charge is 0.468 e. The molecule has 0 aliphatic carbocycles. The average Bonchev–Trinajstić information content (AvgIpc) is 3.28. The van der Waals surface area contributed by atoms with Crippen LogP contribution < -0.4 is 4.18 Å². The smallest absolute Gasteiger partial charge is 0.419 e. The van der Waals surface area contributed by atoms with Crippen molar-refractivity contribution in [2.75, 3.05) is 26.6 Å². The quantitative estimate of drug-likeness (QED) is 0.122. The molecule has 2 atom stereocenters. The number of rotatable bonds is 11. The summed E-state index contributed by atoms with van der Waals surface area (Å²) < 4.78 is 58.1. The highest BCUT2D eigenvalue weighted by Crippen LogP contribution is 2.37. The zero-order valence-electron chi connectivity index (χ0n) is 26.1. The molecule has 2 heterocycles. The van der Waals surface area contributed by atoms with Gasteiger partial charge in [0.15, 0.2) is 12.2 Å². The molecular formula is C32H39NO11S. The summed E-state index contributed by atoms with van der Waals surface area (Å²) in [6, 6.07) is 13.2. The van der Waals surface area contributed by atoms with Crippen LogP contribution in [-0.4, -0.2) is 69.5 Å². The SMILES string of the molecule is COC(=O)C(C(=O)OCc1ccccc1)c1c(CCOC2CCCCO2)c2ccc(OS(C)(=O)=O)cc2n1C(=O)OC(C)(C)C. The predicted molar refractivity (Wildman–Crippen MR) is 163 cm³/mol. The van der Waals surface area contributed by atoms with Gasteiger partial charge < -0.3 is 27.9 Å². The molecule has 0 radical (unpaired) electrons. The molecule has 0 spiro atoms. The molecule has 12 nitrogen and oxygen atoms in total. The molecular weight excluding hydrogens is 606 g/mol. The van der Waals surface area contributed by atoms with Crippen molar-refractivity contribution in [3.63, 3.8) is 0 Å². The molecule has 4 rings (SSSR count). The summed E-state index contributed by atoms with van der Waals surface area (Å²) in [7, 11) is -2.80. The van der Waals surface area contributed by atoms with E-state index in [1.807, 2.05) is 6.07 Å². The van der Waals surface area contributed by atoms with Crippen molar-refractivity contribution < 1.29 is 50.7 Å². The van der Waals surface area contributed by atoms with Crippen molar-refractivity contribution in [1.82, 2.24) is 4.57 Å². The van der Waals surface area contributed by atoms with Gasteiger partial charge in [-0.25, -0.2) is 9.36 Å². The van der Waals surface area contributed by atoms with Crippen LogP contribution in [0.15, 0.2) is 48.5 Å². The van der Waals surface area contributed by atoms with Crippen LogP contribution in [0, 0.1) is 0 Å². The summed E-state index contributed by atoms with van der Waals surface area (Å²) in [6.45, 7) is 5.57. The first-order chi connectivity index (χ1) is 21.3. The number of aromatic nitrogens is 1. The molecule has 0 amide bonds. The zero-order chi connectivity index (χ0) is 32.8. The summed E-state index contributed by atoms with van der Waals surface area (Å²) in [5, 5.41) is 0.439. The van der Waals surface area contributed by atoms with Gasteiger partial charge in [-0.15, -0.1) is 0 Å². The Kier molecular flexibility index (Phi) is 10.9. The standard InChI is InChI=1S/C32H39NO11S/c1-32(2,3)43-31(36)33-25-19-22(44-45(5,37)38)14-15-23(25)24(16-18-41-26-13-9-10-17-40-26)28(33)27(29(34)39-4)30(35)42-20-21-11-7-6-8-12-21/h6-8,11-12,14-15,19,26-27H,9-10,13,16-18,20H2,1-5H3. The van der Waals surface area contributed by atoms with Crippen molar-refractivity contribution in [1.29, 1.82) is 0 Å². The highest BCUT2D eigenvalue weighted by atomic mass is 32.2. The lowest BCUT2D eigenvalue weighted by Gasteiger charge is -2.24. The Morgan fingerprint density at radius 1 is 1.04 bits per heavy atom. The minimum Gasteiger partial charge on any atom is -0.468 e. The van der Waals surface area contributed by atoms with Gasteiger partial charge in [0.2, 0.25) is 0 Å². The van der Waals surface area contributed by atoms with Crippen LogP contribution in [-0.2, 0) is 56.4 Å². The van der Waals surface area contributed by atoms with Gasteiger partial charge in [0, 0.05) is 18.1 Å². The fraction of sp³-hybridized carbons (Fsp3) is 0.469. The van der Waals surface area contributed by atoms with Crippen LogP contribution in [0.25, 0.3) is 10.9 Å². The summed E-state index contributed by atoms with van der Waals surface area (Å²) in [6.07, 6.45) is 2.32. The lowest BCUT2D eigenvalue weighted by molar-refractivity contribution is -0.162. The molecule has 3 aromatic rings. The zero-order valence-corrected chi connectivity index (χ0v) is 26.9. The van der Waals surface area contributed by atoms with Gasteiger partial charge >= 0.3 is 28.1 Å². The first-order valence-electron chi connectivity index (χ1n) is 14.6. The molecule has 2 aromatic carbocycles. The topological polar surface area (TPSA) is 146 Å². The van der Waals surface area contributed by atoms with Gasteiger partial charge in [0.1, 0.15) is 18.0 Å². The Labute approximate surface area is 262 Å². The molecule has 1 aromatic heterocycles. The maximum atomic E-state index is 13.9. The molecule has 0 saturated carbocycles. The third-order valence-electron chi connectivity index (χ3n) is 6.87. The first-order valence-corrected chi connectivity index (χ1v) is 16.4. The molecule has 1 aliphatic rings. The van der Waals surface area contributed by atoms with E-state index in [1.165, 1.54) is 12.1 Å². The second-order valence-corrected chi connectivity index (χ2v) is 13.2. The lowest BCUT2D eigenvalue weighted by Crippen LogP contribution is -2.33. The number of ether oxygens (including phenoxy) is 5. The van der Waals surface area contributed by atoms with Crippen LogP contribution in [0.5, 0.6) is 5.75 Å². The molecule has 0 bridgehead atoms. The summed E-state index contributed by atoms with van der Waals surface area (Å²) in [5.41, 5.74) is 0.223. The van der Waals surface area contributed by atoms with Gasteiger partial charge in [0.25, 0.3) is 0 Å². The van der Waals surface area contributed by atoms with Crippen molar-refractivity contribution in [2.45, 2.75) is 70.9 Å². The Bertz CT molecular complexity index is 1620. The Morgan fingerprint density at radius 3 is 2.40 bits per heavy atom. The normalized spacial score (nSPS) is 16.2. The number of benzene rings is 2. The third-order valence-corrected chi connectivity index (χ3v) is 7.37. The molecule has 0 N–H and O–H groups in total. The monoisotopic (exact) mass is 645 g/mol. The molecule has 13 heteroatoms. The van der Waals surface area contributed by atoms with E-state index in [4.69, 9.17) is 27.9 Å². The number of hydrogen-bond acceptors (Lipinski definition) is 11. The summed E-state index contributed by atoms with van der Waals surface area (Å²) in [5.74, 6) is -3.72. The Balaban J connectivity index is 1.88. The second kappa shape index (κ2) is 14.4. The van der Waals surface area contributed by atoms with Crippen LogP contribution in [0.1, 0.15) is 62.8 Å². The number of carbonyl (C=O) groups is 3. The predicted octanol–water partition coefficient (Wildman–Crippen LogP) is 4.85. The Hall–Kier alpha value is -3.94. The van der Waals surface area contributed by atoms with E-state index in [-0.39, 0.29) is 36.6 Å². The number of hydrogen-bond donors (Lipinski definition) is 0. The van der Waals surface area contributed by atoms with Gasteiger partial charge in [-0.1, -0.05) is 30.3 Å². The minimum atomic E-state index is -3.93. The molecule has 1 saturated heterocycles. The number of nitrogens with zero attached hydrogens (tertiary/aromatic N) is 1. The van der Waals surface area contributed by atoms with Crippen molar-refractivity contribution in [2.24, 2.45) is 0 Å². The fourth-order valence-electron chi connectivity index (χ4n) is 5.04. The molecule has 2 unspecified atom stereocenters. The van der Waals surface area contributed by atoms with E-state index >= 15 is 0 Å². The fourth-order valence-corrected chi connectivity index (χ4v) is 5.49. The van der Waals surface area contributed by atoms with E-state index in [0.717, 1.165) is 37.2 Å². The first kappa shape index (κ1) is 33.9.